The number of nitrogens with zero attached hydrogens (tertiary/aromatic N) is 3. The molecular weight excluding hydrogens is 374 g/mol. The van der Waals surface area contributed by atoms with Gasteiger partial charge < -0.3 is 4.90 Å². The van der Waals surface area contributed by atoms with Crippen molar-refractivity contribution in [3.05, 3.63) is 68.3 Å². The van der Waals surface area contributed by atoms with Crippen LogP contribution >= 0.6 is 22.7 Å². The number of amides is 1. The number of anilines is 1. The Morgan fingerprint density at radius 2 is 2.19 bits per heavy atom. The van der Waals surface area contributed by atoms with Crippen LogP contribution in [0.4, 0.5) is 5.69 Å². The van der Waals surface area contributed by atoms with Gasteiger partial charge in [-0.3, -0.25) is 14.7 Å². The molecule has 3 aromatic heterocycles. The van der Waals surface area contributed by atoms with E-state index in [-0.39, 0.29) is 11.3 Å². The normalized spacial score (nSPS) is 21.9. The topological polar surface area (TPSA) is 36.4 Å². The van der Waals surface area contributed by atoms with Gasteiger partial charge in [-0.05, 0) is 55.6 Å². The highest BCUT2D eigenvalue weighted by molar-refractivity contribution is 7.11. The quantitative estimate of drug-likeness (QED) is 0.663. The molecule has 0 saturated carbocycles. The zero-order valence-electron chi connectivity index (χ0n) is 15.2. The van der Waals surface area contributed by atoms with Crippen molar-refractivity contribution in [3.8, 4) is 0 Å². The smallest absolute Gasteiger partial charge is 0.259 e. The Kier molecular flexibility index (Phi) is 4.15. The van der Waals surface area contributed by atoms with Crippen molar-refractivity contribution < 1.29 is 4.79 Å². The molecule has 1 amide bonds. The number of fused-ring (bicyclic) bond motifs is 2. The van der Waals surface area contributed by atoms with E-state index in [1.165, 1.54) is 9.75 Å². The minimum Gasteiger partial charge on any atom is -0.305 e. The van der Waals surface area contributed by atoms with Gasteiger partial charge in [0.1, 0.15) is 0 Å². The third-order valence-corrected chi connectivity index (χ3v) is 7.33. The molecule has 3 aromatic rings. The van der Waals surface area contributed by atoms with Crippen LogP contribution in [0, 0.1) is 6.92 Å². The van der Waals surface area contributed by atoms with Gasteiger partial charge in [-0.2, -0.15) is 11.3 Å². The van der Waals surface area contributed by atoms with Crippen molar-refractivity contribution in [3.63, 3.8) is 0 Å². The molecule has 0 aromatic carbocycles. The molecule has 2 aliphatic heterocycles. The highest BCUT2D eigenvalue weighted by Crippen LogP contribution is 2.46. The van der Waals surface area contributed by atoms with Gasteiger partial charge in [0.2, 0.25) is 0 Å². The predicted octanol–water partition coefficient (Wildman–Crippen LogP) is 4.32. The Bertz CT molecular complexity index is 981. The molecule has 138 valence electrons. The Morgan fingerprint density at radius 1 is 1.26 bits per heavy atom. The number of rotatable bonds is 3. The molecule has 1 atom stereocenters. The van der Waals surface area contributed by atoms with E-state index >= 15 is 0 Å². The van der Waals surface area contributed by atoms with Gasteiger partial charge in [0.25, 0.3) is 5.91 Å². The van der Waals surface area contributed by atoms with Crippen LogP contribution in [0.25, 0.3) is 0 Å². The third kappa shape index (κ3) is 2.92. The van der Waals surface area contributed by atoms with E-state index in [1.54, 1.807) is 11.3 Å². The summed E-state index contributed by atoms with van der Waals surface area (Å²) in [6, 6.07) is 10.3. The van der Waals surface area contributed by atoms with Crippen molar-refractivity contribution in [1.29, 1.82) is 0 Å². The molecule has 6 heteroatoms. The number of carbonyl (C=O) groups is 1. The fraction of sp³-hybridized carbons (Fsp3) is 0.333. The van der Waals surface area contributed by atoms with Gasteiger partial charge in [0.15, 0.2) is 0 Å². The maximum atomic E-state index is 13.1. The summed E-state index contributed by atoms with van der Waals surface area (Å²) in [6.45, 7) is 5.88. The minimum absolute atomic E-state index is 0.0470. The molecule has 1 spiro atoms. The summed E-state index contributed by atoms with van der Waals surface area (Å²) in [7, 11) is 0. The van der Waals surface area contributed by atoms with Gasteiger partial charge in [-0.15, -0.1) is 11.3 Å². The molecule has 0 bridgehead atoms. The van der Waals surface area contributed by atoms with E-state index in [0.717, 1.165) is 49.5 Å². The summed E-state index contributed by atoms with van der Waals surface area (Å²) in [4.78, 5) is 25.1. The Labute approximate surface area is 167 Å². The second-order valence-electron chi connectivity index (χ2n) is 7.53. The fourth-order valence-electron chi connectivity index (χ4n) is 4.42. The van der Waals surface area contributed by atoms with Crippen molar-refractivity contribution in [2.75, 3.05) is 24.5 Å². The number of hydrogen-bond donors (Lipinski definition) is 0. The van der Waals surface area contributed by atoms with E-state index in [1.807, 2.05) is 51.4 Å². The van der Waals surface area contributed by atoms with Crippen molar-refractivity contribution in [2.24, 2.45) is 0 Å². The van der Waals surface area contributed by atoms with Gasteiger partial charge in [0, 0.05) is 46.4 Å². The number of thiophene rings is 2. The van der Waals surface area contributed by atoms with E-state index < -0.39 is 0 Å². The molecule has 4 nitrogen and oxygen atoms in total. The largest absolute Gasteiger partial charge is 0.305 e. The second-order valence-corrected chi connectivity index (χ2v) is 9.68. The van der Waals surface area contributed by atoms with Crippen LogP contribution in [0.15, 0.2) is 47.3 Å². The molecule has 1 fully saturated rings. The third-order valence-electron chi connectivity index (χ3n) is 5.66. The SMILES string of the molecule is Cc1ccc(CN2CC[C@]3(C2)CN(C(=O)c2ccsc2)c2cccnc23)s1. The zero-order valence-corrected chi connectivity index (χ0v) is 16.9. The minimum atomic E-state index is -0.0470. The lowest BCUT2D eigenvalue weighted by Gasteiger charge is -2.25. The van der Waals surface area contributed by atoms with Gasteiger partial charge in [-0.25, -0.2) is 0 Å². The van der Waals surface area contributed by atoms with E-state index in [2.05, 4.69) is 24.0 Å². The molecule has 0 unspecified atom stereocenters. The molecule has 2 aliphatic rings. The molecule has 0 N–H and O–H groups in total. The summed E-state index contributed by atoms with van der Waals surface area (Å²) in [5, 5.41) is 3.90. The van der Waals surface area contributed by atoms with Crippen molar-refractivity contribution >= 4 is 34.3 Å². The number of pyridine rings is 1. The number of aromatic nitrogens is 1. The van der Waals surface area contributed by atoms with E-state index in [0.29, 0.717) is 0 Å². The summed E-state index contributed by atoms with van der Waals surface area (Å²) in [5.41, 5.74) is 2.81. The lowest BCUT2D eigenvalue weighted by atomic mass is 9.85. The van der Waals surface area contributed by atoms with Crippen LogP contribution in [0.2, 0.25) is 0 Å². The first-order valence-corrected chi connectivity index (χ1v) is 11.0. The van der Waals surface area contributed by atoms with Crippen LogP contribution in [0.1, 0.15) is 32.2 Å². The molecule has 5 rings (SSSR count). The van der Waals surface area contributed by atoms with Crippen LogP contribution in [0.5, 0.6) is 0 Å². The number of carbonyl (C=O) groups excluding carboxylic acids is 1. The number of likely N-dealkylation sites (tertiary alicyclic amines) is 1. The van der Waals surface area contributed by atoms with Gasteiger partial charge >= 0.3 is 0 Å². The van der Waals surface area contributed by atoms with Crippen LogP contribution < -0.4 is 4.90 Å². The van der Waals surface area contributed by atoms with Crippen LogP contribution in [0.3, 0.4) is 0 Å². The molecule has 27 heavy (non-hydrogen) atoms. The first-order valence-electron chi connectivity index (χ1n) is 9.22. The van der Waals surface area contributed by atoms with Crippen LogP contribution in [-0.2, 0) is 12.0 Å². The highest BCUT2D eigenvalue weighted by atomic mass is 32.1. The Hall–Kier alpha value is -2.02. The predicted molar refractivity (Wildman–Crippen MR) is 111 cm³/mol. The van der Waals surface area contributed by atoms with Crippen molar-refractivity contribution in [1.82, 2.24) is 9.88 Å². The molecule has 5 heterocycles. The number of hydrogen-bond acceptors (Lipinski definition) is 5. The zero-order chi connectivity index (χ0) is 18.4. The lowest BCUT2D eigenvalue weighted by Crippen LogP contribution is -2.39. The Balaban J connectivity index is 1.43. The summed E-state index contributed by atoms with van der Waals surface area (Å²) < 4.78 is 0. The monoisotopic (exact) mass is 395 g/mol. The average Bonchev–Trinajstić information content (AvgIpc) is 3.45. The first kappa shape index (κ1) is 17.1. The maximum absolute atomic E-state index is 13.1. The Morgan fingerprint density at radius 3 is 2.96 bits per heavy atom. The number of aryl methyl sites for hydroxylation is 1. The molecule has 1 saturated heterocycles. The van der Waals surface area contributed by atoms with Gasteiger partial charge in [-0.1, -0.05) is 0 Å². The molecule has 0 aliphatic carbocycles. The van der Waals surface area contributed by atoms with Gasteiger partial charge in [0.05, 0.1) is 16.9 Å². The van der Waals surface area contributed by atoms with Crippen LogP contribution in [-0.4, -0.2) is 35.4 Å². The van der Waals surface area contributed by atoms with E-state index in [4.69, 9.17) is 4.98 Å². The lowest BCUT2D eigenvalue weighted by molar-refractivity contribution is 0.0985. The highest BCUT2D eigenvalue weighted by Gasteiger charge is 2.49. The fourth-order valence-corrected chi connectivity index (χ4v) is 5.98. The summed E-state index contributed by atoms with van der Waals surface area (Å²) in [5.74, 6) is 0.0923. The van der Waals surface area contributed by atoms with Crippen molar-refractivity contribution in [2.45, 2.75) is 25.3 Å². The standard InChI is InChI=1S/C21H21N3OS2/c1-15-4-5-17(27-15)11-23-9-7-21(13-23)14-24(18-3-2-8-22-19(18)21)20(25)16-6-10-26-12-16/h2-6,8,10,12H,7,9,11,13-14H2,1H3/t21-/m0/s1. The maximum Gasteiger partial charge on any atom is 0.259 e. The first-order chi connectivity index (χ1) is 13.1. The average molecular weight is 396 g/mol. The van der Waals surface area contributed by atoms with E-state index in [9.17, 15) is 4.79 Å². The molecular formula is C21H21N3OS2. The summed E-state index contributed by atoms with van der Waals surface area (Å²) >= 11 is 3.44. The molecule has 0 radical (unpaired) electrons. The summed E-state index contributed by atoms with van der Waals surface area (Å²) in [6.07, 6.45) is 2.92. The second kappa shape index (κ2) is 6.55.